The van der Waals surface area contributed by atoms with Crippen LogP contribution in [0.5, 0.6) is 0 Å². The molecule has 1 rings (SSSR count). The smallest absolute Gasteiger partial charge is 0.196 e. The minimum absolute atomic E-state index is 0.198. The number of rotatable bonds is 3. The van der Waals surface area contributed by atoms with Gasteiger partial charge in [0.25, 0.3) is 0 Å². The Bertz CT molecular complexity index is 309. The molecule has 0 N–H and O–H groups in total. The quantitative estimate of drug-likeness (QED) is 0.631. The summed E-state index contributed by atoms with van der Waals surface area (Å²) in [5.41, 5.74) is 1.78. The minimum atomic E-state index is -5.44. The van der Waals surface area contributed by atoms with Crippen LogP contribution >= 0.6 is 0 Å². The van der Waals surface area contributed by atoms with Gasteiger partial charge in [-0.05, 0) is 26.2 Å². The Hall–Kier alpha value is -0.870. The molecular weight excluding hydrogens is 227 g/mol. The van der Waals surface area contributed by atoms with Crippen molar-refractivity contribution in [3.8, 4) is 0 Å². The largest absolute Gasteiger partial charge is 0.453 e. The van der Waals surface area contributed by atoms with Crippen molar-refractivity contribution in [2.45, 2.75) is 44.7 Å². The third-order valence-corrected chi connectivity index (χ3v) is 2.62. The molecule has 92 valence electrons. The molecule has 0 radical (unpaired) electrons. The summed E-state index contributed by atoms with van der Waals surface area (Å²) in [6, 6.07) is 0. The van der Waals surface area contributed by atoms with Crippen LogP contribution in [-0.2, 0) is 0 Å². The van der Waals surface area contributed by atoms with Gasteiger partial charge in [-0.25, -0.2) is 0 Å². The van der Waals surface area contributed by atoms with E-state index in [-0.39, 0.29) is 6.42 Å². The fourth-order valence-corrected chi connectivity index (χ4v) is 1.45. The first-order valence-electron chi connectivity index (χ1n) is 5.02. The molecule has 0 saturated carbocycles. The molecule has 0 nitrogen and oxygen atoms in total. The highest BCUT2D eigenvalue weighted by atomic mass is 19.4. The molecule has 0 aliphatic heterocycles. The summed E-state index contributed by atoms with van der Waals surface area (Å²) < 4.78 is 60.8. The zero-order valence-electron chi connectivity index (χ0n) is 8.87. The van der Waals surface area contributed by atoms with Crippen molar-refractivity contribution in [1.29, 1.82) is 0 Å². The van der Waals surface area contributed by atoms with E-state index in [1.54, 1.807) is 12.2 Å². The average Bonchev–Trinajstić information content (AvgIpc) is 2.15. The highest BCUT2D eigenvalue weighted by Gasteiger charge is 2.56. The highest BCUT2D eigenvalue weighted by molar-refractivity contribution is 5.22. The lowest BCUT2D eigenvalue weighted by Crippen LogP contribution is -2.36. The van der Waals surface area contributed by atoms with Gasteiger partial charge in [0.2, 0.25) is 0 Å². The maximum Gasteiger partial charge on any atom is 0.453 e. The number of allylic oxidation sites excluding steroid dienone is 4. The third-order valence-electron chi connectivity index (χ3n) is 2.62. The molecule has 5 heteroatoms. The number of hydrogen-bond donors (Lipinski definition) is 0. The first-order valence-corrected chi connectivity index (χ1v) is 5.02. The van der Waals surface area contributed by atoms with Crippen molar-refractivity contribution >= 4 is 0 Å². The Morgan fingerprint density at radius 2 is 1.69 bits per heavy atom. The van der Waals surface area contributed by atoms with Gasteiger partial charge in [0.05, 0.1) is 0 Å². The molecule has 0 aromatic carbocycles. The van der Waals surface area contributed by atoms with Crippen molar-refractivity contribution in [1.82, 2.24) is 0 Å². The second-order valence-electron chi connectivity index (χ2n) is 4.04. The topological polar surface area (TPSA) is 0 Å². The molecule has 0 saturated heterocycles. The van der Waals surface area contributed by atoms with E-state index in [0.29, 0.717) is 12.0 Å². The Balaban J connectivity index is 2.53. The summed E-state index contributed by atoms with van der Waals surface area (Å²) in [7, 11) is 0. The predicted molar refractivity (Wildman–Crippen MR) is 51.3 cm³/mol. The molecule has 0 spiro atoms. The third kappa shape index (κ3) is 3.32. The number of halogens is 5. The van der Waals surface area contributed by atoms with Gasteiger partial charge in [-0.3, -0.25) is 0 Å². The van der Waals surface area contributed by atoms with Crippen LogP contribution in [0.15, 0.2) is 23.3 Å². The first-order chi connectivity index (χ1) is 7.22. The van der Waals surface area contributed by atoms with Crippen LogP contribution in [0.2, 0.25) is 0 Å². The molecule has 0 unspecified atom stereocenters. The Kier molecular flexibility index (Phi) is 3.76. The van der Waals surface area contributed by atoms with E-state index in [1.807, 2.05) is 6.92 Å². The standard InChI is InChI=1S/C11H13F5/c1-8-2-4-9(5-3-8)6-7-10(12,13)11(14,15)16/h2,4H,3,5-7H2,1H3. The van der Waals surface area contributed by atoms with Gasteiger partial charge in [0, 0.05) is 6.42 Å². The van der Waals surface area contributed by atoms with Gasteiger partial charge >= 0.3 is 12.1 Å². The van der Waals surface area contributed by atoms with E-state index in [2.05, 4.69) is 0 Å². The van der Waals surface area contributed by atoms with Crippen molar-refractivity contribution in [3.05, 3.63) is 23.3 Å². The number of alkyl halides is 5. The van der Waals surface area contributed by atoms with Crippen molar-refractivity contribution in [2.75, 3.05) is 0 Å². The van der Waals surface area contributed by atoms with Crippen LogP contribution in [0.4, 0.5) is 22.0 Å². The molecule has 0 aromatic rings. The second-order valence-corrected chi connectivity index (χ2v) is 4.04. The van der Waals surface area contributed by atoms with E-state index in [4.69, 9.17) is 0 Å². The van der Waals surface area contributed by atoms with Gasteiger partial charge in [-0.1, -0.05) is 23.3 Å². The van der Waals surface area contributed by atoms with Crippen molar-refractivity contribution in [3.63, 3.8) is 0 Å². The molecule has 1 aliphatic rings. The van der Waals surface area contributed by atoms with Gasteiger partial charge in [-0.15, -0.1) is 0 Å². The fraction of sp³-hybridized carbons (Fsp3) is 0.636. The Morgan fingerprint density at radius 1 is 1.06 bits per heavy atom. The molecule has 0 heterocycles. The lowest BCUT2D eigenvalue weighted by molar-refractivity contribution is -0.284. The summed E-state index contributed by atoms with van der Waals surface area (Å²) in [4.78, 5) is 0. The van der Waals surface area contributed by atoms with Crippen LogP contribution in [-0.4, -0.2) is 12.1 Å². The summed E-state index contributed by atoms with van der Waals surface area (Å²) in [6.07, 6.45) is -2.06. The van der Waals surface area contributed by atoms with Crippen molar-refractivity contribution < 1.29 is 22.0 Å². The van der Waals surface area contributed by atoms with E-state index < -0.39 is 18.5 Å². The van der Waals surface area contributed by atoms with Crippen molar-refractivity contribution in [2.24, 2.45) is 0 Å². The monoisotopic (exact) mass is 240 g/mol. The van der Waals surface area contributed by atoms with Crippen LogP contribution in [0.25, 0.3) is 0 Å². The zero-order valence-corrected chi connectivity index (χ0v) is 8.87. The number of hydrogen-bond acceptors (Lipinski definition) is 0. The summed E-state index contributed by atoms with van der Waals surface area (Å²) in [5.74, 6) is -4.58. The fourth-order valence-electron chi connectivity index (χ4n) is 1.45. The van der Waals surface area contributed by atoms with E-state index >= 15 is 0 Å². The molecule has 0 fully saturated rings. The van der Waals surface area contributed by atoms with Crippen LogP contribution < -0.4 is 0 Å². The lowest BCUT2D eigenvalue weighted by atomic mass is 9.95. The van der Waals surface area contributed by atoms with Crippen LogP contribution in [0, 0.1) is 0 Å². The molecule has 0 aromatic heterocycles. The van der Waals surface area contributed by atoms with Crippen LogP contribution in [0.3, 0.4) is 0 Å². The van der Waals surface area contributed by atoms with Gasteiger partial charge in [-0.2, -0.15) is 22.0 Å². The van der Waals surface area contributed by atoms with E-state index in [9.17, 15) is 22.0 Å². The summed E-state index contributed by atoms with van der Waals surface area (Å²) in [6.45, 7) is 1.90. The molecule has 1 aliphatic carbocycles. The summed E-state index contributed by atoms with van der Waals surface area (Å²) in [5, 5.41) is 0. The average molecular weight is 240 g/mol. The van der Waals surface area contributed by atoms with Gasteiger partial charge < -0.3 is 0 Å². The van der Waals surface area contributed by atoms with Gasteiger partial charge in [0.1, 0.15) is 0 Å². The van der Waals surface area contributed by atoms with E-state index in [1.165, 1.54) is 0 Å². The lowest BCUT2D eigenvalue weighted by Gasteiger charge is -2.20. The maximum absolute atomic E-state index is 12.6. The summed E-state index contributed by atoms with van der Waals surface area (Å²) >= 11 is 0. The molecular formula is C11H13F5. The maximum atomic E-state index is 12.6. The Morgan fingerprint density at radius 3 is 2.12 bits per heavy atom. The first kappa shape index (κ1) is 13.2. The van der Waals surface area contributed by atoms with Crippen LogP contribution in [0.1, 0.15) is 32.6 Å². The zero-order chi connectivity index (χ0) is 12.4. The Labute approximate surface area is 90.8 Å². The van der Waals surface area contributed by atoms with E-state index in [0.717, 1.165) is 12.0 Å². The SMILES string of the molecule is CC1=CC=C(CCC(F)(F)C(F)(F)F)CC1. The normalized spacial score (nSPS) is 18.1. The predicted octanol–water partition coefficient (Wildman–Crippen LogP) is 4.63. The molecule has 0 atom stereocenters. The molecule has 16 heavy (non-hydrogen) atoms. The second kappa shape index (κ2) is 4.55. The molecule has 0 amide bonds. The highest BCUT2D eigenvalue weighted by Crippen LogP contribution is 2.40. The molecule has 0 bridgehead atoms. The van der Waals surface area contributed by atoms with Gasteiger partial charge in [0.15, 0.2) is 0 Å². The minimum Gasteiger partial charge on any atom is -0.196 e.